The second-order valence-corrected chi connectivity index (χ2v) is 5.39. The van der Waals surface area contributed by atoms with E-state index in [1.807, 2.05) is 37.3 Å². The van der Waals surface area contributed by atoms with Crippen LogP contribution < -0.4 is 15.4 Å². The van der Waals surface area contributed by atoms with Gasteiger partial charge in [-0.25, -0.2) is 0 Å². The van der Waals surface area contributed by atoms with Crippen molar-refractivity contribution < 1.29 is 14.3 Å². The van der Waals surface area contributed by atoms with Gasteiger partial charge in [0, 0.05) is 17.3 Å². The minimum absolute atomic E-state index is 0.148. The van der Waals surface area contributed by atoms with Crippen LogP contribution in [0.25, 0.3) is 0 Å². The van der Waals surface area contributed by atoms with Crippen molar-refractivity contribution in [3.63, 3.8) is 0 Å². The van der Waals surface area contributed by atoms with E-state index in [2.05, 4.69) is 10.6 Å². The number of benzene rings is 2. The Kier molecular flexibility index (Phi) is 7.39. The Balaban J connectivity index is 1.85. The van der Waals surface area contributed by atoms with Gasteiger partial charge in [0.1, 0.15) is 12.4 Å². The average Bonchev–Trinajstić information content (AvgIpc) is 2.59. The van der Waals surface area contributed by atoms with Crippen molar-refractivity contribution in [1.29, 1.82) is 0 Å². The SMILES string of the molecule is CCOCCOc1ccccc1NC(=O)CNc1ccc(Cl)cc1. The molecule has 0 saturated carbocycles. The number of halogens is 1. The van der Waals surface area contributed by atoms with Gasteiger partial charge in [0.2, 0.25) is 5.91 Å². The fraction of sp³-hybridized carbons (Fsp3) is 0.278. The quantitative estimate of drug-likeness (QED) is 0.677. The lowest BCUT2D eigenvalue weighted by atomic mass is 10.3. The molecule has 2 N–H and O–H groups in total. The summed E-state index contributed by atoms with van der Waals surface area (Å²) in [6.45, 7) is 3.68. The van der Waals surface area contributed by atoms with Gasteiger partial charge in [-0.1, -0.05) is 23.7 Å². The molecule has 0 aliphatic carbocycles. The van der Waals surface area contributed by atoms with E-state index < -0.39 is 0 Å². The number of nitrogens with one attached hydrogen (secondary N) is 2. The Bertz CT molecular complexity index is 647. The fourth-order valence-electron chi connectivity index (χ4n) is 2.00. The number of carbonyl (C=O) groups is 1. The van der Waals surface area contributed by atoms with Crippen LogP contribution in [0.3, 0.4) is 0 Å². The molecular formula is C18H21ClN2O3. The number of hydrogen-bond donors (Lipinski definition) is 2. The minimum atomic E-state index is -0.161. The predicted molar refractivity (Wildman–Crippen MR) is 97.0 cm³/mol. The largest absolute Gasteiger partial charge is 0.489 e. The molecule has 0 spiro atoms. The van der Waals surface area contributed by atoms with Crippen LogP contribution in [0.5, 0.6) is 5.75 Å². The van der Waals surface area contributed by atoms with Crippen molar-refractivity contribution in [2.75, 3.05) is 37.0 Å². The minimum Gasteiger partial charge on any atom is -0.489 e. The molecule has 6 heteroatoms. The highest BCUT2D eigenvalue weighted by Crippen LogP contribution is 2.23. The molecule has 5 nitrogen and oxygen atoms in total. The lowest BCUT2D eigenvalue weighted by Crippen LogP contribution is -2.22. The van der Waals surface area contributed by atoms with E-state index in [9.17, 15) is 4.79 Å². The van der Waals surface area contributed by atoms with Crippen LogP contribution in [-0.2, 0) is 9.53 Å². The Morgan fingerprint density at radius 3 is 2.58 bits per heavy atom. The van der Waals surface area contributed by atoms with Crippen molar-refractivity contribution in [3.8, 4) is 5.75 Å². The monoisotopic (exact) mass is 348 g/mol. The van der Waals surface area contributed by atoms with Gasteiger partial charge in [0.25, 0.3) is 0 Å². The van der Waals surface area contributed by atoms with Crippen molar-refractivity contribution in [2.45, 2.75) is 6.92 Å². The van der Waals surface area contributed by atoms with Crippen molar-refractivity contribution >= 4 is 28.9 Å². The smallest absolute Gasteiger partial charge is 0.243 e. The Morgan fingerprint density at radius 1 is 1.08 bits per heavy atom. The van der Waals surface area contributed by atoms with Gasteiger partial charge in [0.15, 0.2) is 0 Å². The maximum atomic E-state index is 12.1. The molecule has 0 heterocycles. The first-order valence-corrected chi connectivity index (χ1v) is 8.15. The van der Waals surface area contributed by atoms with Crippen molar-refractivity contribution in [3.05, 3.63) is 53.6 Å². The molecule has 0 atom stereocenters. The number of carbonyl (C=O) groups excluding carboxylic acids is 1. The molecule has 0 aliphatic rings. The van der Waals surface area contributed by atoms with E-state index in [0.29, 0.717) is 36.3 Å². The highest BCUT2D eigenvalue weighted by Gasteiger charge is 2.07. The van der Waals surface area contributed by atoms with Gasteiger partial charge in [-0.15, -0.1) is 0 Å². The summed E-state index contributed by atoms with van der Waals surface area (Å²) in [4.78, 5) is 12.1. The summed E-state index contributed by atoms with van der Waals surface area (Å²) in [6, 6.07) is 14.5. The Labute approximate surface area is 146 Å². The molecule has 1 amide bonds. The van der Waals surface area contributed by atoms with Crippen LogP contribution in [0, 0.1) is 0 Å². The zero-order valence-electron chi connectivity index (χ0n) is 13.5. The molecule has 0 saturated heterocycles. The molecule has 2 aromatic rings. The van der Waals surface area contributed by atoms with Crippen LogP contribution in [0.2, 0.25) is 5.02 Å². The Morgan fingerprint density at radius 2 is 1.83 bits per heavy atom. The van der Waals surface area contributed by atoms with E-state index in [1.165, 1.54) is 0 Å². The van der Waals surface area contributed by atoms with Crippen molar-refractivity contribution in [2.24, 2.45) is 0 Å². The van der Waals surface area contributed by atoms with Crippen LogP contribution in [-0.4, -0.2) is 32.3 Å². The van der Waals surface area contributed by atoms with E-state index in [0.717, 1.165) is 5.69 Å². The fourth-order valence-corrected chi connectivity index (χ4v) is 2.12. The summed E-state index contributed by atoms with van der Waals surface area (Å²) in [5.41, 5.74) is 1.47. The zero-order chi connectivity index (χ0) is 17.2. The molecule has 0 aliphatic heterocycles. The van der Waals surface area contributed by atoms with E-state index in [1.54, 1.807) is 18.2 Å². The lowest BCUT2D eigenvalue weighted by molar-refractivity contribution is -0.114. The van der Waals surface area contributed by atoms with Gasteiger partial charge >= 0.3 is 0 Å². The summed E-state index contributed by atoms with van der Waals surface area (Å²) in [5, 5.41) is 6.54. The maximum Gasteiger partial charge on any atom is 0.243 e. The van der Waals surface area contributed by atoms with Gasteiger partial charge in [0.05, 0.1) is 18.8 Å². The number of hydrogen-bond acceptors (Lipinski definition) is 4. The second kappa shape index (κ2) is 9.80. The number of ether oxygens (including phenoxy) is 2. The van der Waals surface area contributed by atoms with E-state index >= 15 is 0 Å². The highest BCUT2D eigenvalue weighted by molar-refractivity contribution is 6.30. The molecule has 2 aromatic carbocycles. The molecule has 0 unspecified atom stereocenters. The first-order valence-electron chi connectivity index (χ1n) is 7.78. The summed E-state index contributed by atoms with van der Waals surface area (Å²) in [5.74, 6) is 0.461. The van der Waals surface area contributed by atoms with Crippen molar-refractivity contribution in [1.82, 2.24) is 0 Å². The first-order chi connectivity index (χ1) is 11.7. The molecular weight excluding hydrogens is 328 g/mol. The molecule has 0 fully saturated rings. The van der Waals surface area contributed by atoms with Crippen LogP contribution in [0.4, 0.5) is 11.4 Å². The van der Waals surface area contributed by atoms with Gasteiger partial charge in [-0.05, 0) is 43.3 Å². The predicted octanol–water partition coefficient (Wildman–Crippen LogP) is 3.81. The maximum absolute atomic E-state index is 12.1. The number of rotatable bonds is 9. The number of para-hydroxylation sites is 2. The van der Waals surface area contributed by atoms with E-state index in [4.69, 9.17) is 21.1 Å². The molecule has 24 heavy (non-hydrogen) atoms. The highest BCUT2D eigenvalue weighted by atomic mass is 35.5. The summed E-state index contributed by atoms with van der Waals surface area (Å²) in [7, 11) is 0. The number of amides is 1. The first kappa shape index (κ1) is 18.1. The van der Waals surface area contributed by atoms with Gasteiger partial charge in [-0.3, -0.25) is 4.79 Å². The second-order valence-electron chi connectivity index (χ2n) is 4.95. The molecule has 0 radical (unpaired) electrons. The lowest BCUT2D eigenvalue weighted by Gasteiger charge is -2.13. The standard InChI is InChI=1S/C18H21ClN2O3/c1-2-23-11-12-24-17-6-4-3-5-16(17)21-18(22)13-20-15-9-7-14(19)8-10-15/h3-10,20H,2,11-13H2,1H3,(H,21,22). The molecule has 128 valence electrons. The summed E-state index contributed by atoms with van der Waals surface area (Å²) >= 11 is 5.83. The summed E-state index contributed by atoms with van der Waals surface area (Å²) in [6.07, 6.45) is 0. The van der Waals surface area contributed by atoms with Crippen LogP contribution >= 0.6 is 11.6 Å². The number of anilines is 2. The molecule has 0 bridgehead atoms. The topological polar surface area (TPSA) is 59.6 Å². The Hall–Kier alpha value is -2.24. The zero-order valence-corrected chi connectivity index (χ0v) is 14.3. The van der Waals surface area contributed by atoms with Crippen LogP contribution in [0.15, 0.2) is 48.5 Å². The molecule has 0 aromatic heterocycles. The van der Waals surface area contributed by atoms with E-state index in [-0.39, 0.29) is 12.5 Å². The molecule has 2 rings (SSSR count). The van der Waals surface area contributed by atoms with Gasteiger partial charge in [-0.2, -0.15) is 0 Å². The van der Waals surface area contributed by atoms with Crippen LogP contribution in [0.1, 0.15) is 6.92 Å². The van der Waals surface area contributed by atoms with Gasteiger partial charge < -0.3 is 20.1 Å². The third-order valence-electron chi connectivity index (χ3n) is 3.15. The third-order valence-corrected chi connectivity index (χ3v) is 3.40. The average molecular weight is 349 g/mol. The summed E-state index contributed by atoms with van der Waals surface area (Å²) < 4.78 is 10.9. The third kappa shape index (κ3) is 6.10. The normalized spacial score (nSPS) is 10.2.